The minimum atomic E-state index is 0. The number of hydrogen-bond acceptors (Lipinski definition) is 3. The summed E-state index contributed by atoms with van der Waals surface area (Å²) in [6.07, 6.45) is 1.86. The second-order valence-corrected chi connectivity index (χ2v) is 9.34. The zero-order valence-electron chi connectivity index (χ0n) is 22.7. The number of pyridine rings is 1. The Kier molecular flexibility index (Phi) is 9.86. The third-order valence-corrected chi connectivity index (χ3v) is 6.46. The molecule has 0 aliphatic rings. The first-order chi connectivity index (χ1) is 19.1. The third kappa shape index (κ3) is 7.24. The van der Waals surface area contributed by atoms with E-state index in [1.165, 1.54) is 16.7 Å². The van der Waals surface area contributed by atoms with E-state index in [1.807, 2.05) is 93.7 Å². The van der Waals surface area contributed by atoms with Gasteiger partial charge in [0.05, 0.1) is 5.82 Å². The maximum absolute atomic E-state index is 4.54. The van der Waals surface area contributed by atoms with Crippen molar-refractivity contribution in [1.82, 2.24) is 15.0 Å². The smallest absolute Gasteiger partial charge is 0.0751 e. The minimum Gasteiger partial charge on any atom is -0.302 e. The van der Waals surface area contributed by atoms with Gasteiger partial charge in [0.1, 0.15) is 0 Å². The van der Waals surface area contributed by atoms with Crippen LogP contribution in [0.5, 0.6) is 0 Å². The molecule has 0 fully saturated rings. The molecule has 199 valence electrons. The molecule has 2 heterocycles. The second-order valence-electron chi connectivity index (χ2n) is 9.34. The number of hydrogen-bond donors (Lipinski definition) is 0. The quantitative estimate of drug-likeness (QED) is 0.173. The van der Waals surface area contributed by atoms with Crippen LogP contribution < -0.4 is 0 Å². The fourth-order valence-corrected chi connectivity index (χ4v) is 4.15. The van der Waals surface area contributed by atoms with E-state index >= 15 is 0 Å². The molecule has 0 saturated carbocycles. The van der Waals surface area contributed by atoms with Crippen LogP contribution in [0.1, 0.15) is 17.0 Å². The molecule has 0 spiro atoms. The van der Waals surface area contributed by atoms with Gasteiger partial charge in [-0.15, -0.1) is 65.2 Å². The molecule has 0 amide bonds. The van der Waals surface area contributed by atoms with Gasteiger partial charge in [-0.1, -0.05) is 83.9 Å². The maximum atomic E-state index is 4.54. The van der Waals surface area contributed by atoms with Gasteiger partial charge in [-0.2, -0.15) is 0 Å². The molecule has 4 aromatic carbocycles. The van der Waals surface area contributed by atoms with Crippen LogP contribution in [0, 0.1) is 32.9 Å². The van der Waals surface area contributed by atoms with Crippen LogP contribution in [0.15, 0.2) is 121 Å². The molecule has 3 nitrogen and oxygen atoms in total. The monoisotopic (exact) mass is 696 g/mol. The Morgan fingerprint density at radius 3 is 1.90 bits per heavy atom. The van der Waals surface area contributed by atoms with Crippen LogP contribution in [0.3, 0.4) is 0 Å². The van der Waals surface area contributed by atoms with Gasteiger partial charge in [-0.25, -0.2) is 0 Å². The van der Waals surface area contributed by atoms with Gasteiger partial charge in [0.15, 0.2) is 0 Å². The van der Waals surface area contributed by atoms with Gasteiger partial charge in [-0.3, -0.25) is 9.97 Å². The summed E-state index contributed by atoms with van der Waals surface area (Å²) in [5.74, 6) is 0.728. The predicted octanol–water partition coefficient (Wildman–Crippen LogP) is 8.75. The van der Waals surface area contributed by atoms with Gasteiger partial charge in [0.2, 0.25) is 0 Å². The molecule has 0 N–H and O–H groups in total. The summed E-state index contributed by atoms with van der Waals surface area (Å²) in [4.78, 5) is 13.5. The van der Waals surface area contributed by atoms with Gasteiger partial charge in [0.25, 0.3) is 0 Å². The first kappa shape index (κ1) is 28.8. The normalized spacial score (nSPS) is 10.2. The molecule has 6 aromatic rings. The van der Waals surface area contributed by atoms with Crippen molar-refractivity contribution in [3.8, 4) is 44.9 Å². The van der Waals surface area contributed by atoms with E-state index in [-0.39, 0.29) is 20.1 Å². The van der Waals surface area contributed by atoms with E-state index < -0.39 is 0 Å². The van der Waals surface area contributed by atoms with Crippen LogP contribution in [0.2, 0.25) is 0 Å². The average molecular weight is 696 g/mol. The second kappa shape index (κ2) is 13.7. The van der Waals surface area contributed by atoms with Crippen LogP contribution in [-0.4, -0.2) is 15.0 Å². The summed E-state index contributed by atoms with van der Waals surface area (Å²) in [6.45, 7) is 6.02. The molecular weight excluding hydrogens is 667 g/mol. The van der Waals surface area contributed by atoms with Crippen molar-refractivity contribution in [2.24, 2.45) is 0 Å². The van der Waals surface area contributed by atoms with Crippen LogP contribution in [0.25, 0.3) is 44.9 Å². The Morgan fingerprint density at radius 1 is 0.575 bits per heavy atom. The van der Waals surface area contributed by atoms with Gasteiger partial charge in [0, 0.05) is 37.7 Å². The van der Waals surface area contributed by atoms with E-state index in [0.29, 0.717) is 0 Å². The Bertz CT molecular complexity index is 1660. The van der Waals surface area contributed by atoms with Crippen molar-refractivity contribution in [3.63, 3.8) is 0 Å². The zero-order chi connectivity index (χ0) is 27.0. The summed E-state index contributed by atoms with van der Waals surface area (Å²) >= 11 is 0. The SMILES string of the molecule is Cc1cccc(-c2[c-]cc(-c3ccccc3)cc2)n1.Cc1cnc(-c2[c-]ccc(-c3ccccc3)c2)nc1C.[Ir]. The fraction of sp³-hybridized carbons (Fsp3) is 0.0833. The van der Waals surface area contributed by atoms with Crippen LogP contribution in [0.4, 0.5) is 0 Å². The largest absolute Gasteiger partial charge is 0.302 e. The molecule has 0 atom stereocenters. The standard InChI is InChI=1S/C18H15N2.C18H14N.Ir/c1-13-12-19-18(20-14(13)2)17-10-6-9-16(11-17)15-7-4-3-5-8-15;1-14-6-5-9-18(19-14)17-12-10-16(11-13-17)15-7-3-2-4-8-15;/h3-9,11-12H,1-2H3;2-12H,1H3;/q2*-1;. The van der Waals surface area contributed by atoms with Crippen molar-refractivity contribution in [2.75, 3.05) is 0 Å². The summed E-state index contributed by atoms with van der Waals surface area (Å²) in [6, 6.07) is 45.5. The number of nitrogens with zero attached hydrogens (tertiary/aromatic N) is 3. The van der Waals surface area contributed by atoms with Crippen molar-refractivity contribution < 1.29 is 20.1 Å². The number of benzene rings is 4. The van der Waals surface area contributed by atoms with E-state index in [2.05, 4.69) is 75.6 Å². The molecule has 6 rings (SSSR count). The maximum Gasteiger partial charge on any atom is 0.0751 e. The molecule has 1 radical (unpaired) electrons. The Hall–Kier alpha value is -4.24. The first-order valence-electron chi connectivity index (χ1n) is 13.0. The van der Waals surface area contributed by atoms with E-state index in [4.69, 9.17) is 0 Å². The number of aromatic nitrogens is 3. The van der Waals surface area contributed by atoms with Crippen molar-refractivity contribution >= 4 is 0 Å². The fourth-order valence-electron chi connectivity index (χ4n) is 4.15. The van der Waals surface area contributed by atoms with Crippen molar-refractivity contribution in [3.05, 3.63) is 151 Å². The molecule has 2 aromatic heterocycles. The summed E-state index contributed by atoms with van der Waals surface area (Å²) in [5.41, 5.74) is 10.8. The average Bonchev–Trinajstić information content (AvgIpc) is 3.00. The van der Waals surface area contributed by atoms with Crippen molar-refractivity contribution in [2.45, 2.75) is 20.8 Å². The van der Waals surface area contributed by atoms with Gasteiger partial charge in [-0.05, 0) is 43.7 Å². The summed E-state index contributed by atoms with van der Waals surface area (Å²) < 4.78 is 0. The first-order valence-corrected chi connectivity index (χ1v) is 13.0. The van der Waals surface area contributed by atoms with Gasteiger partial charge < -0.3 is 4.98 Å². The topological polar surface area (TPSA) is 38.7 Å². The molecule has 0 saturated heterocycles. The molecule has 0 unspecified atom stereocenters. The Morgan fingerprint density at radius 2 is 1.27 bits per heavy atom. The number of aryl methyl sites for hydroxylation is 3. The molecule has 0 aliphatic heterocycles. The third-order valence-electron chi connectivity index (χ3n) is 6.46. The van der Waals surface area contributed by atoms with Crippen molar-refractivity contribution in [1.29, 1.82) is 0 Å². The van der Waals surface area contributed by atoms with Crippen LogP contribution in [-0.2, 0) is 20.1 Å². The molecule has 40 heavy (non-hydrogen) atoms. The van der Waals surface area contributed by atoms with E-state index in [1.54, 1.807) is 0 Å². The van der Waals surface area contributed by atoms with Crippen LogP contribution >= 0.6 is 0 Å². The van der Waals surface area contributed by atoms with E-state index in [9.17, 15) is 0 Å². The molecule has 0 bridgehead atoms. The molecule has 4 heteroatoms. The summed E-state index contributed by atoms with van der Waals surface area (Å²) in [7, 11) is 0. The zero-order valence-corrected chi connectivity index (χ0v) is 25.1. The van der Waals surface area contributed by atoms with E-state index in [0.717, 1.165) is 45.2 Å². The number of rotatable bonds is 4. The summed E-state index contributed by atoms with van der Waals surface area (Å²) in [5, 5.41) is 0. The minimum absolute atomic E-state index is 0. The molecule has 0 aliphatic carbocycles. The Balaban J connectivity index is 0.000000181. The molecular formula is C36H29IrN3-2. The predicted molar refractivity (Wildman–Crippen MR) is 160 cm³/mol. The van der Waals surface area contributed by atoms with Gasteiger partial charge >= 0.3 is 0 Å². The Labute approximate surface area is 250 Å².